The third kappa shape index (κ3) is 7.68. The van der Waals surface area contributed by atoms with Gasteiger partial charge in [0, 0.05) is 25.8 Å². The lowest BCUT2D eigenvalue weighted by molar-refractivity contribution is -0.140. The zero-order chi connectivity index (χ0) is 20.5. The Balaban J connectivity index is 2.73. The summed E-state index contributed by atoms with van der Waals surface area (Å²) in [7, 11) is 1.68. The normalized spacial score (nSPS) is 13.9. The maximum atomic E-state index is 12.7. The first kappa shape index (κ1) is 23.7. The molecule has 0 aliphatic carbocycles. The molecular formula is C21H34ClNO4. The molecule has 0 bridgehead atoms. The van der Waals surface area contributed by atoms with Crippen molar-refractivity contribution in [1.82, 2.24) is 0 Å². The van der Waals surface area contributed by atoms with Crippen LogP contribution in [0.15, 0.2) is 18.2 Å². The Morgan fingerprint density at radius 3 is 2.37 bits per heavy atom. The predicted molar refractivity (Wildman–Crippen MR) is 111 cm³/mol. The molecule has 0 spiro atoms. The maximum Gasteiger partial charge on any atom is 0.256 e. The van der Waals surface area contributed by atoms with E-state index in [1.54, 1.807) is 25.3 Å². The Morgan fingerprint density at radius 1 is 1.11 bits per heavy atom. The first-order chi connectivity index (χ1) is 12.7. The Bertz CT molecular complexity index is 606. The minimum Gasteiger partial charge on any atom is -0.492 e. The zero-order valence-corrected chi connectivity index (χ0v) is 18.2. The largest absolute Gasteiger partial charge is 0.492 e. The van der Waals surface area contributed by atoms with Gasteiger partial charge < -0.3 is 19.5 Å². The summed E-state index contributed by atoms with van der Waals surface area (Å²) in [4.78, 5) is 12.7. The monoisotopic (exact) mass is 399 g/mol. The molecule has 1 N–H and O–H groups in total. The Morgan fingerprint density at radius 2 is 1.81 bits per heavy atom. The molecule has 1 aromatic carbocycles. The number of ether oxygens (including phenoxy) is 3. The summed E-state index contributed by atoms with van der Waals surface area (Å²) < 4.78 is 16.9. The first-order valence-corrected chi connectivity index (χ1v) is 9.98. The average Bonchev–Trinajstić information content (AvgIpc) is 2.62. The molecule has 0 heterocycles. The molecule has 1 aromatic rings. The minimum absolute atomic E-state index is 0.163. The summed E-state index contributed by atoms with van der Waals surface area (Å²) in [5.74, 6) is 0.421. The maximum absolute atomic E-state index is 12.7. The lowest BCUT2D eigenvalue weighted by Gasteiger charge is -2.28. The van der Waals surface area contributed by atoms with Crippen molar-refractivity contribution in [2.75, 3.05) is 25.6 Å². The van der Waals surface area contributed by atoms with Gasteiger partial charge in [-0.1, -0.05) is 31.9 Å². The molecular weight excluding hydrogens is 366 g/mol. The molecule has 0 radical (unpaired) electrons. The fourth-order valence-corrected chi connectivity index (χ4v) is 2.76. The summed E-state index contributed by atoms with van der Waals surface area (Å²) in [5.41, 5.74) is -0.474. The molecule has 27 heavy (non-hydrogen) atoms. The van der Waals surface area contributed by atoms with E-state index in [1.807, 2.05) is 34.6 Å². The van der Waals surface area contributed by atoms with Gasteiger partial charge in [-0.15, -0.1) is 0 Å². The number of hydrogen-bond acceptors (Lipinski definition) is 4. The van der Waals surface area contributed by atoms with Gasteiger partial charge in [-0.05, 0) is 51.8 Å². The van der Waals surface area contributed by atoms with Crippen molar-refractivity contribution in [1.29, 1.82) is 0 Å². The topological polar surface area (TPSA) is 56.8 Å². The molecule has 154 valence electrons. The average molecular weight is 400 g/mol. The van der Waals surface area contributed by atoms with Gasteiger partial charge in [0.15, 0.2) is 0 Å². The van der Waals surface area contributed by atoms with Gasteiger partial charge in [-0.25, -0.2) is 0 Å². The highest BCUT2D eigenvalue weighted by molar-refractivity contribution is 6.32. The first-order valence-electron chi connectivity index (χ1n) is 9.60. The van der Waals surface area contributed by atoms with Crippen molar-refractivity contribution < 1.29 is 19.0 Å². The number of carbonyl (C=O) groups excluding carboxylic acids is 1. The van der Waals surface area contributed by atoms with Crippen LogP contribution in [-0.2, 0) is 14.3 Å². The quantitative estimate of drug-likeness (QED) is 0.507. The van der Waals surface area contributed by atoms with Crippen LogP contribution in [0, 0.1) is 0 Å². The minimum atomic E-state index is -0.849. The number of halogens is 1. The van der Waals surface area contributed by atoms with Crippen molar-refractivity contribution in [2.45, 2.75) is 71.5 Å². The van der Waals surface area contributed by atoms with E-state index in [0.29, 0.717) is 36.1 Å². The van der Waals surface area contributed by atoms with Crippen molar-refractivity contribution in [3.63, 3.8) is 0 Å². The second-order valence-corrected chi connectivity index (χ2v) is 7.90. The summed E-state index contributed by atoms with van der Waals surface area (Å²) in [6.45, 7) is 10.9. The van der Waals surface area contributed by atoms with E-state index in [-0.39, 0.29) is 11.5 Å². The number of rotatable bonds is 12. The van der Waals surface area contributed by atoms with Gasteiger partial charge in [-0.2, -0.15) is 0 Å². The van der Waals surface area contributed by atoms with E-state index in [2.05, 4.69) is 5.32 Å². The molecule has 6 heteroatoms. The number of benzene rings is 1. The van der Waals surface area contributed by atoms with Crippen LogP contribution in [0.3, 0.4) is 0 Å². The van der Waals surface area contributed by atoms with Gasteiger partial charge in [0.1, 0.15) is 11.4 Å². The fourth-order valence-electron chi connectivity index (χ4n) is 2.52. The molecule has 0 unspecified atom stereocenters. The predicted octanol–water partition coefficient (Wildman–Crippen LogP) is 5.46. The van der Waals surface area contributed by atoms with Crippen molar-refractivity contribution >= 4 is 23.2 Å². The van der Waals surface area contributed by atoms with E-state index in [4.69, 9.17) is 25.8 Å². The Kier molecular flexibility index (Phi) is 9.57. The molecule has 5 nitrogen and oxygen atoms in total. The van der Waals surface area contributed by atoms with Crippen LogP contribution in [0.2, 0.25) is 5.02 Å². The highest BCUT2D eigenvalue weighted by Gasteiger charge is 2.33. The second kappa shape index (κ2) is 10.9. The van der Waals surface area contributed by atoms with Gasteiger partial charge >= 0.3 is 0 Å². The number of methoxy groups -OCH3 is 1. The standard InChI is InChI=1S/C21H34ClNO4/c1-7-11-21(5,27-13-8-2)19(24)23-16-9-10-18(17(22)15-16)26-14-12-20(3,4)25-6/h9-10,15H,7-8,11-14H2,1-6H3,(H,23,24)/t21-/m1/s1. The summed E-state index contributed by atoms with van der Waals surface area (Å²) in [6, 6.07) is 5.25. The van der Waals surface area contributed by atoms with Crippen LogP contribution in [0.25, 0.3) is 0 Å². The molecule has 0 aliphatic rings. The van der Waals surface area contributed by atoms with Gasteiger partial charge in [0.2, 0.25) is 0 Å². The van der Waals surface area contributed by atoms with Gasteiger partial charge in [0.25, 0.3) is 5.91 Å². The summed E-state index contributed by atoms with van der Waals surface area (Å²) in [6.07, 6.45) is 3.12. The smallest absolute Gasteiger partial charge is 0.256 e. The number of nitrogens with one attached hydrogen (secondary N) is 1. The van der Waals surface area contributed by atoms with Crippen LogP contribution in [0.4, 0.5) is 5.69 Å². The molecule has 0 saturated heterocycles. The summed E-state index contributed by atoms with van der Waals surface area (Å²) in [5, 5.41) is 3.36. The SMILES string of the molecule is CCCO[C@](C)(CCC)C(=O)Nc1ccc(OCCC(C)(C)OC)c(Cl)c1. The third-order valence-electron chi connectivity index (χ3n) is 4.54. The van der Waals surface area contributed by atoms with Gasteiger partial charge in [-0.3, -0.25) is 4.79 Å². The van der Waals surface area contributed by atoms with E-state index in [9.17, 15) is 4.79 Å². The summed E-state index contributed by atoms with van der Waals surface area (Å²) >= 11 is 6.32. The molecule has 1 amide bonds. The second-order valence-electron chi connectivity index (χ2n) is 7.49. The molecule has 1 rings (SSSR count). The van der Waals surface area contributed by atoms with Crippen LogP contribution in [-0.4, -0.2) is 37.4 Å². The zero-order valence-electron chi connectivity index (χ0n) is 17.5. The van der Waals surface area contributed by atoms with Gasteiger partial charge in [0.05, 0.1) is 17.2 Å². The highest BCUT2D eigenvalue weighted by atomic mass is 35.5. The number of anilines is 1. The van der Waals surface area contributed by atoms with E-state index < -0.39 is 5.60 Å². The Labute approximate surface area is 168 Å². The van der Waals surface area contributed by atoms with Crippen LogP contribution < -0.4 is 10.1 Å². The molecule has 0 aliphatic heterocycles. The lowest BCUT2D eigenvalue weighted by Crippen LogP contribution is -2.43. The third-order valence-corrected chi connectivity index (χ3v) is 4.83. The molecule has 0 fully saturated rings. The van der Waals surface area contributed by atoms with Crippen molar-refractivity contribution in [2.24, 2.45) is 0 Å². The van der Waals surface area contributed by atoms with Crippen LogP contribution >= 0.6 is 11.6 Å². The number of hydrogen-bond donors (Lipinski definition) is 1. The molecule has 0 saturated carbocycles. The molecule has 1 atom stereocenters. The van der Waals surface area contributed by atoms with E-state index in [0.717, 1.165) is 19.3 Å². The lowest BCUT2D eigenvalue weighted by atomic mass is 9.99. The van der Waals surface area contributed by atoms with Crippen LogP contribution in [0.5, 0.6) is 5.75 Å². The van der Waals surface area contributed by atoms with Crippen molar-refractivity contribution in [3.8, 4) is 5.75 Å². The Hall–Kier alpha value is -1.30. The fraction of sp³-hybridized carbons (Fsp3) is 0.667. The number of carbonyl (C=O) groups is 1. The van der Waals surface area contributed by atoms with E-state index >= 15 is 0 Å². The number of amides is 1. The highest BCUT2D eigenvalue weighted by Crippen LogP contribution is 2.29. The van der Waals surface area contributed by atoms with Crippen molar-refractivity contribution in [3.05, 3.63) is 23.2 Å². The van der Waals surface area contributed by atoms with Crippen LogP contribution in [0.1, 0.15) is 60.3 Å². The molecule has 0 aromatic heterocycles. The van der Waals surface area contributed by atoms with E-state index in [1.165, 1.54) is 0 Å².